The Labute approximate surface area is 180 Å². The van der Waals surface area contributed by atoms with Crippen LogP contribution in [-0.4, -0.2) is 35.4 Å². The van der Waals surface area contributed by atoms with E-state index in [0.29, 0.717) is 11.5 Å². The first-order valence-electron chi connectivity index (χ1n) is 8.76. The SMILES string of the molecule is Cc1nc(C=CC(=O)OCC(=O)N(C)Cc2ccc(-c3ccc(Br)cc3)o2)cs1. The van der Waals surface area contributed by atoms with Crippen molar-refractivity contribution in [2.45, 2.75) is 13.5 Å². The van der Waals surface area contributed by atoms with Crippen molar-refractivity contribution < 1.29 is 18.7 Å². The van der Waals surface area contributed by atoms with E-state index in [0.717, 1.165) is 20.8 Å². The molecule has 150 valence electrons. The molecule has 0 atom stereocenters. The Hall–Kier alpha value is -2.71. The maximum atomic E-state index is 12.2. The lowest BCUT2D eigenvalue weighted by atomic mass is 10.2. The second-order valence-electron chi connectivity index (χ2n) is 6.26. The molecule has 0 radical (unpaired) electrons. The molecule has 3 aromatic rings. The Morgan fingerprint density at radius 3 is 2.69 bits per heavy atom. The fourth-order valence-corrected chi connectivity index (χ4v) is 3.30. The zero-order valence-electron chi connectivity index (χ0n) is 15.9. The normalized spacial score (nSPS) is 11.0. The predicted octanol–water partition coefficient (Wildman–Crippen LogP) is 4.69. The van der Waals surface area contributed by atoms with Gasteiger partial charge in [0.1, 0.15) is 11.5 Å². The van der Waals surface area contributed by atoms with Gasteiger partial charge in [-0.15, -0.1) is 11.3 Å². The van der Waals surface area contributed by atoms with Gasteiger partial charge in [-0.2, -0.15) is 0 Å². The fourth-order valence-electron chi connectivity index (χ4n) is 2.46. The van der Waals surface area contributed by atoms with Crippen LogP contribution in [0.25, 0.3) is 17.4 Å². The number of thiazole rings is 1. The number of aryl methyl sites for hydroxylation is 1. The molecular weight excluding hydrogens is 456 g/mol. The molecule has 29 heavy (non-hydrogen) atoms. The highest BCUT2D eigenvalue weighted by atomic mass is 79.9. The van der Waals surface area contributed by atoms with Crippen LogP contribution in [0.1, 0.15) is 16.5 Å². The second kappa shape index (κ2) is 9.67. The third-order valence-electron chi connectivity index (χ3n) is 3.97. The van der Waals surface area contributed by atoms with Crippen molar-refractivity contribution in [1.29, 1.82) is 0 Å². The van der Waals surface area contributed by atoms with Gasteiger partial charge in [0.15, 0.2) is 6.61 Å². The van der Waals surface area contributed by atoms with Gasteiger partial charge in [-0.25, -0.2) is 9.78 Å². The third-order valence-corrected chi connectivity index (χ3v) is 5.29. The Bertz CT molecular complexity index is 1020. The van der Waals surface area contributed by atoms with E-state index in [4.69, 9.17) is 9.15 Å². The fraction of sp³-hybridized carbons (Fsp3) is 0.190. The molecule has 0 aliphatic heterocycles. The monoisotopic (exact) mass is 474 g/mol. The van der Waals surface area contributed by atoms with E-state index >= 15 is 0 Å². The lowest BCUT2D eigenvalue weighted by molar-refractivity contribution is -0.147. The number of esters is 1. The first-order chi connectivity index (χ1) is 13.9. The average Bonchev–Trinajstić information content (AvgIpc) is 3.34. The number of amides is 1. The lowest BCUT2D eigenvalue weighted by Gasteiger charge is -2.15. The summed E-state index contributed by atoms with van der Waals surface area (Å²) in [5, 5.41) is 2.75. The Balaban J connectivity index is 1.48. The van der Waals surface area contributed by atoms with Gasteiger partial charge < -0.3 is 14.1 Å². The summed E-state index contributed by atoms with van der Waals surface area (Å²) in [5.41, 5.74) is 1.64. The summed E-state index contributed by atoms with van der Waals surface area (Å²) >= 11 is 4.90. The molecule has 0 saturated heterocycles. The summed E-state index contributed by atoms with van der Waals surface area (Å²) in [7, 11) is 1.63. The zero-order valence-corrected chi connectivity index (χ0v) is 18.3. The van der Waals surface area contributed by atoms with E-state index in [1.807, 2.05) is 48.7 Å². The van der Waals surface area contributed by atoms with Gasteiger partial charge in [0.2, 0.25) is 0 Å². The third kappa shape index (κ3) is 6.13. The molecule has 6 nitrogen and oxygen atoms in total. The van der Waals surface area contributed by atoms with Crippen molar-refractivity contribution in [2.75, 3.05) is 13.7 Å². The summed E-state index contributed by atoms with van der Waals surface area (Å²) in [4.78, 5) is 29.6. The number of furan rings is 1. The smallest absolute Gasteiger partial charge is 0.331 e. The van der Waals surface area contributed by atoms with Crippen LogP contribution < -0.4 is 0 Å². The Morgan fingerprint density at radius 2 is 2.00 bits per heavy atom. The Morgan fingerprint density at radius 1 is 1.24 bits per heavy atom. The van der Waals surface area contributed by atoms with Gasteiger partial charge in [-0.1, -0.05) is 28.1 Å². The van der Waals surface area contributed by atoms with Crippen molar-refractivity contribution in [1.82, 2.24) is 9.88 Å². The largest absolute Gasteiger partial charge is 0.459 e. The number of carbonyl (C=O) groups excluding carboxylic acids is 2. The summed E-state index contributed by atoms with van der Waals surface area (Å²) in [6.45, 7) is 1.83. The molecule has 0 N–H and O–H groups in total. The maximum absolute atomic E-state index is 12.2. The van der Waals surface area contributed by atoms with Gasteiger partial charge in [0.25, 0.3) is 5.91 Å². The number of nitrogens with zero attached hydrogens (tertiary/aromatic N) is 2. The number of hydrogen-bond acceptors (Lipinski definition) is 6. The number of aromatic nitrogens is 1. The first kappa shape index (κ1) is 21.0. The lowest BCUT2D eigenvalue weighted by Crippen LogP contribution is -2.30. The molecule has 0 aliphatic rings. The van der Waals surface area contributed by atoms with Gasteiger partial charge in [0, 0.05) is 28.5 Å². The van der Waals surface area contributed by atoms with E-state index in [-0.39, 0.29) is 19.1 Å². The molecule has 0 unspecified atom stereocenters. The molecule has 0 saturated carbocycles. The van der Waals surface area contributed by atoms with Gasteiger partial charge >= 0.3 is 5.97 Å². The minimum absolute atomic E-state index is 0.279. The van der Waals surface area contributed by atoms with Gasteiger partial charge in [-0.05, 0) is 37.3 Å². The van der Waals surface area contributed by atoms with Crippen LogP contribution in [0.5, 0.6) is 0 Å². The van der Waals surface area contributed by atoms with Crippen LogP contribution in [0.3, 0.4) is 0 Å². The molecule has 3 rings (SSSR count). The number of halogens is 1. The summed E-state index contributed by atoms with van der Waals surface area (Å²) in [5.74, 6) is 0.455. The molecule has 2 aromatic heterocycles. The van der Waals surface area contributed by atoms with Crippen LogP contribution in [0, 0.1) is 6.92 Å². The number of ether oxygens (including phenoxy) is 1. The van der Waals surface area contributed by atoms with Crippen LogP contribution in [0.15, 0.2) is 56.7 Å². The van der Waals surface area contributed by atoms with Crippen LogP contribution >= 0.6 is 27.3 Å². The highest BCUT2D eigenvalue weighted by Crippen LogP contribution is 2.24. The van der Waals surface area contributed by atoms with Crippen molar-refractivity contribution in [2.24, 2.45) is 0 Å². The maximum Gasteiger partial charge on any atom is 0.331 e. The summed E-state index contributed by atoms with van der Waals surface area (Å²) < 4.78 is 11.8. The summed E-state index contributed by atoms with van der Waals surface area (Å²) in [6, 6.07) is 11.5. The van der Waals surface area contributed by atoms with E-state index in [1.165, 1.54) is 22.3 Å². The van der Waals surface area contributed by atoms with Crippen molar-refractivity contribution >= 4 is 45.2 Å². The van der Waals surface area contributed by atoms with Crippen LogP contribution in [0.2, 0.25) is 0 Å². The number of hydrogen-bond donors (Lipinski definition) is 0. The number of rotatable bonds is 7. The molecule has 1 aromatic carbocycles. The quantitative estimate of drug-likeness (QED) is 0.366. The minimum atomic E-state index is -0.590. The van der Waals surface area contributed by atoms with E-state index in [9.17, 15) is 9.59 Å². The highest BCUT2D eigenvalue weighted by Gasteiger charge is 2.14. The highest BCUT2D eigenvalue weighted by molar-refractivity contribution is 9.10. The van der Waals surface area contributed by atoms with E-state index in [1.54, 1.807) is 13.1 Å². The number of carbonyl (C=O) groups is 2. The first-order valence-corrected chi connectivity index (χ1v) is 10.4. The molecule has 0 aliphatic carbocycles. The molecule has 0 bridgehead atoms. The Kier molecular flexibility index (Phi) is 7.00. The van der Waals surface area contributed by atoms with E-state index < -0.39 is 5.97 Å². The minimum Gasteiger partial charge on any atom is -0.459 e. The molecule has 1 amide bonds. The predicted molar refractivity (Wildman–Crippen MR) is 115 cm³/mol. The van der Waals surface area contributed by atoms with Crippen LogP contribution in [0.4, 0.5) is 0 Å². The van der Waals surface area contributed by atoms with Gasteiger partial charge in [-0.3, -0.25) is 4.79 Å². The van der Waals surface area contributed by atoms with Crippen molar-refractivity contribution in [3.05, 3.63) is 68.8 Å². The average molecular weight is 475 g/mol. The molecule has 2 heterocycles. The van der Waals surface area contributed by atoms with E-state index in [2.05, 4.69) is 20.9 Å². The molecule has 0 fully saturated rings. The standard InChI is InChI=1S/C21H19BrN2O4S/c1-14-23-17(13-29-14)7-10-21(26)27-12-20(25)24(2)11-18-8-9-19(28-18)15-3-5-16(22)6-4-15/h3-10,13H,11-12H2,1-2H3. The van der Waals surface area contributed by atoms with Crippen molar-refractivity contribution in [3.8, 4) is 11.3 Å². The zero-order chi connectivity index (χ0) is 20.8. The number of likely N-dealkylation sites (N-methyl/N-ethyl adjacent to an activating group) is 1. The van der Waals surface area contributed by atoms with Crippen molar-refractivity contribution in [3.63, 3.8) is 0 Å². The van der Waals surface area contributed by atoms with Crippen LogP contribution in [-0.2, 0) is 20.9 Å². The molecular formula is C21H19BrN2O4S. The molecule has 8 heteroatoms. The second-order valence-corrected chi connectivity index (χ2v) is 8.23. The summed E-state index contributed by atoms with van der Waals surface area (Å²) in [6.07, 6.45) is 2.82. The molecule has 0 spiro atoms. The number of benzene rings is 1. The van der Waals surface area contributed by atoms with Gasteiger partial charge in [0.05, 0.1) is 17.2 Å². The topological polar surface area (TPSA) is 72.6 Å².